The number of hydrogen-bond acceptors (Lipinski definition) is 4. The van der Waals surface area contributed by atoms with Crippen LogP contribution in [0, 0.1) is 6.92 Å². The van der Waals surface area contributed by atoms with Crippen molar-refractivity contribution >= 4 is 5.69 Å². The summed E-state index contributed by atoms with van der Waals surface area (Å²) in [6.07, 6.45) is 7.19. The number of pyridine rings is 1. The summed E-state index contributed by atoms with van der Waals surface area (Å²) in [5.74, 6) is 0. The van der Waals surface area contributed by atoms with Crippen molar-refractivity contribution in [1.82, 2.24) is 20.0 Å². The van der Waals surface area contributed by atoms with E-state index in [4.69, 9.17) is 0 Å². The van der Waals surface area contributed by atoms with E-state index < -0.39 is 0 Å². The van der Waals surface area contributed by atoms with Crippen molar-refractivity contribution in [2.24, 2.45) is 0 Å². The van der Waals surface area contributed by atoms with E-state index >= 15 is 0 Å². The van der Waals surface area contributed by atoms with Crippen LogP contribution in [0.5, 0.6) is 0 Å². The second-order valence-electron chi connectivity index (χ2n) is 4.52. The maximum Gasteiger partial charge on any atom is 0.0894 e. The van der Waals surface area contributed by atoms with Crippen LogP contribution >= 0.6 is 0 Å². The summed E-state index contributed by atoms with van der Waals surface area (Å²) < 4.78 is 1.75. The van der Waals surface area contributed by atoms with E-state index in [1.807, 2.05) is 48.9 Å². The highest BCUT2D eigenvalue weighted by atomic mass is 15.4. The minimum absolute atomic E-state index is 0.728. The Morgan fingerprint density at radius 2 is 2.05 bits per heavy atom. The molecule has 2 aromatic heterocycles. The minimum atomic E-state index is 0.728. The molecule has 1 aromatic carbocycles. The van der Waals surface area contributed by atoms with Crippen LogP contribution in [0.2, 0.25) is 0 Å². The highest BCUT2D eigenvalue weighted by Crippen LogP contribution is 2.19. The molecule has 0 radical (unpaired) electrons. The number of para-hydroxylation sites is 2. The van der Waals surface area contributed by atoms with Crippen molar-refractivity contribution in [3.8, 4) is 5.69 Å². The largest absolute Gasteiger partial charge is 0.379 e. The Hall–Kier alpha value is -2.69. The zero-order chi connectivity index (χ0) is 13.8. The number of rotatable bonds is 4. The van der Waals surface area contributed by atoms with Crippen LogP contribution in [0.25, 0.3) is 5.69 Å². The molecule has 100 valence electrons. The molecule has 2 heterocycles. The van der Waals surface area contributed by atoms with Gasteiger partial charge < -0.3 is 5.32 Å². The Balaban J connectivity index is 1.84. The van der Waals surface area contributed by atoms with Gasteiger partial charge in [0.1, 0.15) is 0 Å². The van der Waals surface area contributed by atoms with Gasteiger partial charge in [-0.1, -0.05) is 17.3 Å². The number of nitrogens with zero attached hydrogens (tertiary/aromatic N) is 4. The van der Waals surface area contributed by atoms with Gasteiger partial charge >= 0.3 is 0 Å². The Morgan fingerprint density at radius 1 is 1.15 bits per heavy atom. The molecular weight excluding hydrogens is 250 g/mol. The molecule has 5 nitrogen and oxygen atoms in total. The highest BCUT2D eigenvalue weighted by molar-refractivity contribution is 5.60. The first-order valence-corrected chi connectivity index (χ1v) is 6.43. The normalized spacial score (nSPS) is 10.4. The average Bonchev–Trinajstić information content (AvgIpc) is 3.01. The van der Waals surface area contributed by atoms with Crippen molar-refractivity contribution in [2.75, 3.05) is 5.32 Å². The van der Waals surface area contributed by atoms with Gasteiger partial charge in [-0.2, -0.15) is 0 Å². The fourth-order valence-electron chi connectivity index (χ4n) is 2.03. The third-order valence-corrected chi connectivity index (χ3v) is 3.19. The van der Waals surface area contributed by atoms with Crippen molar-refractivity contribution in [3.63, 3.8) is 0 Å². The zero-order valence-electron chi connectivity index (χ0n) is 11.2. The van der Waals surface area contributed by atoms with Crippen molar-refractivity contribution < 1.29 is 0 Å². The summed E-state index contributed by atoms with van der Waals surface area (Å²) in [5.41, 5.74) is 4.40. The number of anilines is 1. The van der Waals surface area contributed by atoms with Crippen LogP contribution in [0.15, 0.2) is 55.1 Å². The number of benzene rings is 1. The van der Waals surface area contributed by atoms with E-state index in [0.717, 1.165) is 17.9 Å². The summed E-state index contributed by atoms with van der Waals surface area (Å²) in [6, 6.07) is 10.0. The van der Waals surface area contributed by atoms with E-state index in [1.165, 1.54) is 11.1 Å². The molecule has 0 saturated carbocycles. The smallest absolute Gasteiger partial charge is 0.0894 e. The molecular formula is C15H15N5. The molecule has 1 N–H and O–H groups in total. The maximum atomic E-state index is 4.16. The van der Waals surface area contributed by atoms with Gasteiger partial charge in [0.15, 0.2) is 0 Å². The standard InChI is InChI=1S/C15H15N5/c1-12-6-7-16-10-13(12)11-17-14-4-2-3-5-15(14)20-9-8-18-19-20/h2-10,17H,11H2,1H3. The molecule has 3 rings (SSSR count). The lowest BCUT2D eigenvalue weighted by atomic mass is 10.1. The fourth-order valence-corrected chi connectivity index (χ4v) is 2.03. The first kappa shape index (κ1) is 12.3. The van der Waals surface area contributed by atoms with Crippen molar-refractivity contribution in [3.05, 3.63) is 66.2 Å². The van der Waals surface area contributed by atoms with E-state index in [2.05, 4.69) is 27.5 Å². The van der Waals surface area contributed by atoms with Gasteiger partial charge in [0.05, 0.1) is 23.8 Å². The molecule has 20 heavy (non-hydrogen) atoms. The van der Waals surface area contributed by atoms with Crippen LogP contribution < -0.4 is 5.32 Å². The van der Waals surface area contributed by atoms with Gasteiger partial charge in [-0.3, -0.25) is 4.98 Å². The van der Waals surface area contributed by atoms with E-state index in [1.54, 1.807) is 10.9 Å². The van der Waals surface area contributed by atoms with Crippen molar-refractivity contribution in [2.45, 2.75) is 13.5 Å². The summed E-state index contributed by atoms with van der Waals surface area (Å²) >= 11 is 0. The van der Waals surface area contributed by atoms with Crippen LogP contribution in [-0.4, -0.2) is 20.0 Å². The average molecular weight is 265 g/mol. The summed E-state index contributed by atoms with van der Waals surface area (Å²) in [7, 11) is 0. The lowest BCUT2D eigenvalue weighted by Gasteiger charge is -2.12. The molecule has 0 atom stereocenters. The highest BCUT2D eigenvalue weighted by Gasteiger charge is 2.05. The monoisotopic (exact) mass is 265 g/mol. The lowest BCUT2D eigenvalue weighted by molar-refractivity contribution is 0.803. The molecule has 0 fully saturated rings. The van der Waals surface area contributed by atoms with Gasteiger partial charge in [-0.15, -0.1) is 5.10 Å². The Labute approximate surface area is 117 Å². The SMILES string of the molecule is Cc1ccncc1CNc1ccccc1-n1ccnn1. The van der Waals surface area contributed by atoms with Gasteiger partial charge in [-0.25, -0.2) is 4.68 Å². The van der Waals surface area contributed by atoms with Crippen LogP contribution in [-0.2, 0) is 6.54 Å². The third kappa shape index (κ3) is 2.51. The maximum absolute atomic E-state index is 4.16. The molecule has 0 amide bonds. The van der Waals surface area contributed by atoms with Gasteiger partial charge in [0, 0.05) is 18.9 Å². The Morgan fingerprint density at radius 3 is 2.85 bits per heavy atom. The number of hydrogen-bond donors (Lipinski definition) is 1. The molecule has 3 aromatic rings. The van der Waals surface area contributed by atoms with Gasteiger partial charge in [0.2, 0.25) is 0 Å². The quantitative estimate of drug-likeness (QED) is 0.787. The molecule has 0 saturated heterocycles. The summed E-state index contributed by atoms with van der Waals surface area (Å²) in [6.45, 7) is 2.81. The van der Waals surface area contributed by atoms with Crippen LogP contribution in [0.3, 0.4) is 0 Å². The van der Waals surface area contributed by atoms with E-state index in [0.29, 0.717) is 0 Å². The topological polar surface area (TPSA) is 55.6 Å². The first-order chi connectivity index (χ1) is 9.84. The predicted octanol–water partition coefficient (Wildman–Crippen LogP) is 2.58. The second kappa shape index (κ2) is 5.52. The van der Waals surface area contributed by atoms with E-state index in [9.17, 15) is 0 Å². The number of nitrogens with one attached hydrogen (secondary N) is 1. The molecule has 0 unspecified atom stereocenters. The minimum Gasteiger partial charge on any atom is -0.379 e. The zero-order valence-corrected chi connectivity index (χ0v) is 11.2. The van der Waals surface area contributed by atoms with Gasteiger partial charge in [0.25, 0.3) is 0 Å². The Kier molecular flexibility index (Phi) is 3.41. The number of aromatic nitrogens is 4. The molecule has 0 aliphatic heterocycles. The Bertz CT molecular complexity index is 691. The van der Waals surface area contributed by atoms with E-state index in [-0.39, 0.29) is 0 Å². The van der Waals surface area contributed by atoms with Crippen LogP contribution in [0.4, 0.5) is 5.69 Å². The van der Waals surface area contributed by atoms with Crippen molar-refractivity contribution in [1.29, 1.82) is 0 Å². The first-order valence-electron chi connectivity index (χ1n) is 6.43. The van der Waals surface area contributed by atoms with Crippen LogP contribution in [0.1, 0.15) is 11.1 Å². The predicted molar refractivity (Wildman–Crippen MR) is 77.7 cm³/mol. The summed E-state index contributed by atoms with van der Waals surface area (Å²) in [5, 5.41) is 11.3. The lowest BCUT2D eigenvalue weighted by Crippen LogP contribution is -2.06. The van der Waals surface area contributed by atoms with Gasteiger partial charge in [-0.05, 0) is 36.2 Å². The molecule has 0 aliphatic rings. The molecule has 0 spiro atoms. The molecule has 0 bridgehead atoms. The number of aryl methyl sites for hydroxylation is 1. The molecule has 0 aliphatic carbocycles. The summed E-state index contributed by atoms with van der Waals surface area (Å²) in [4.78, 5) is 4.16. The molecule has 5 heteroatoms. The fraction of sp³-hybridized carbons (Fsp3) is 0.133. The second-order valence-corrected chi connectivity index (χ2v) is 4.52. The third-order valence-electron chi connectivity index (χ3n) is 3.19.